The van der Waals surface area contributed by atoms with Crippen molar-refractivity contribution in [2.45, 2.75) is 20.3 Å². The van der Waals surface area contributed by atoms with Crippen molar-refractivity contribution in [2.75, 3.05) is 17.2 Å². The number of halogens is 2. The molecule has 0 aliphatic rings. The summed E-state index contributed by atoms with van der Waals surface area (Å²) in [5.74, 6) is 1.83. The molecule has 0 saturated heterocycles. The maximum Gasteiger partial charge on any atom is 0.136 e. The number of aryl methyl sites for hydroxylation is 1. The summed E-state index contributed by atoms with van der Waals surface area (Å²) in [6, 6.07) is 6.28. The molecule has 2 aromatic rings. The monoisotopic (exact) mass is 338 g/mol. The average molecular weight is 339 g/mol. The molecule has 0 spiro atoms. The van der Waals surface area contributed by atoms with Crippen LogP contribution in [0.25, 0.3) is 0 Å². The predicted octanol–water partition coefficient (Wildman–Crippen LogP) is 4.12. The zero-order valence-electron chi connectivity index (χ0n) is 11.4. The Morgan fingerprint density at radius 1 is 1.15 bits per heavy atom. The van der Waals surface area contributed by atoms with Gasteiger partial charge in [0.05, 0.1) is 5.69 Å². The predicted molar refractivity (Wildman–Crippen MR) is 83.0 cm³/mol. The quantitative estimate of drug-likeness (QED) is 0.861. The highest BCUT2D eigenvalue weighted by molar-refractivity contribution is 9.10. The first-order chi connectivity index (χ1) is 9.62. The van der Waals surface area contributed by atoms with E-state index >= 15 is 0 Å². The molecule has 0 radical (unpaired) electrons. The second-order valence-electron chi connectivity index (χ2n) is 4.19. The molecule has 0 saturated carbocycles. The van der Waals surface area contributed by atoms with Crippen LogP contribution in [0.3, 0.4) is 0 Å². The SMILES string of the molecule is CCNc1cc(Nc2cc(F)ccc2Br)nc(CC)n1. The lowest BCUT2D eigenvalue weighted by Crippen LogP contribution is -2.05. The lowest BCUT2D eigenvalue weighted by molar-refractivity contribution is 0.628. The van der Waals surface area contributed by atoms with E-state index in [1.807, 2.05) is 13.8 Å². The molecule has 1 aromatic carbocycles. The van der Waals surface area contributed by atoms with Crippen LogP contribution in [0.1, 0.15) is 19.7 Å². The van der Waals surface area contributed by atoms with Crippen LogP contribution in [0.2, 0.25) is 0 Å². The van der Waals surface area contributed by atoms with Gasteiger partial charge in [0.1, 0.15) is 23.3 Å². The van der Waals surface area contributed by atoms with Gasteiger partial charge in [0, 0.05) is 23.5 Å². The molecule has 0 fully saturated rings. The molecule has 0 bridgehead atoms. The van der Waals surface area contributed by atoms with E-state index < -0.39 is 0 Å². The molecule has 1 aromatic heterocycles. The van der Waals surface area contributed by atoms with Gasteiger partial charge in [-0.2, -0.15) is 0 Å². The van der Waals surface area contributed by atoms with Gasteiger partial charge in [0.2, 0.25) is 0 Å². The molecule has 0 aliphatic heterocycles. The molecular weight excluding hydrogens is 323 g/mol. The number of nitrogens with zero attached hydrogens (tertiary/aromatic N) is 2. The van der Waals surface area contributed by atoms with Gasteiger partial charge in [-0.25, -0.2) is 14.4 Å². The number of aromatic nitrogens is 2. The van der Waals surface area contributed by atoms with Crippen LogP contribution in [0.5, 0.6) is 0 Å². The first-order valence-electron chi connectivity index (χ1n) is 6.46. The second-order valence-corrected chi connectivity index (χ2v) is 5.04. The molecule has 0 amide bonds. The number of anilines is 3. The number of hydrogen-bond donors (Lipinski definition) is 2. The highest BCUT2D eigenvalue weighted by Crippen LogP contribution is 2.26. The third kappa shape index (κ3) is 3.66. The van der Waals surface area contributed by atoms with Gasteiger partial charge in [0.15, 0.2) is 0 Å². The Morgan fingerprint density at radius 3 is 2.60 bits per heavy atom. The van der Waals surface area contributed by atoms with Crippen molar-refractivity contribution in [3.05, 3.63) is 40.4 Å². The Morgan fingerprint density at radius 2 is 1.90 bits per heavy atom. The van der Waals surface area contributed by atoms with Crippen molar-refractivity contribution in [3.63, 3.8) is 0 Å². The Balaban J connectivity index is 2.32. The molecule has 2 N–H and O–H groups in total. The van der Waals surface area contributed by atoms with Crippen molar-refractivity contribution in [2.24, 2.45) is 0 Å². The summed E-state index contributed by atoms with van der Waals surface area (Å²) >= 11 is 3.38. The number of benzene rings is 1. The van der Waals surface area contributed by atoms with Crippen molar-refractivity contribution < 1.29 is 4.39 Å². The summed E-state index contributed by atoms with van der Waals surface area (Å²) in [5, 5.41) is 6.27. The molecule has 0 unspecified atom stereocenters. The molecule has 4 nitrogen and oxygen atoms in total. The van der Waals surface area contributed by atoms with E-state index in [2.05, 4.69) is 36.5 Å². The second kappa shape index (κ2) is 6.65. The van der Waals surface area contributed by atoms with Gasteiger partial charge in [-0.3, -0.25) is 0 Å². The van der Waals surface area contributed by atoms with Crippen molar-refractivity contribution >= 4 is 33.3 Å². The van der Waals surface area contributed by atoms with E-state index in [9.17, 15) is 4.39 Å². The Labute approximate surface area is 126 Å². The zero-order valence-corrected chi connectivity index (χ0v) is 13.0. The van der Waals surface area contributed by atoms with Crippen LogP contribution in [0, 0.1) is 5.82 Å². The summed E-state index contributed by atoms with van der Waals surface area (Å²) < 4.78 is 14.1. The van der Waals surface area contributed by atoms with E-state index in [0.29, 0.717) is 11.5 Å². The minimum absolute atomic E-state index is 0.299. The maximum absolute atomic E-state index is 13.3. The number of nitrogens with one attached hydrogen (secondary N) is 2. The van der Waals surface area contributed by atoms with Crippen molar-refractivity contribution in [1.82, 2.24) is 9.97 Å². The van der Waals surface area contributed by atoms with E-state index in [-0.39, 0.29) is 5.82 Å². The molecule has 6 heteroatoms. The van der Waals surface area contributed by atoms with Gasteiger partial charge in [0.25, 0.3) is 0 Å². The van der Waals surface area contributed by atoms with Crippen LogP contribution in [0.4, 0.5) is 21.7 Å². The van der Waals surface area contributed by atoms with Crippen LogP contribution in [-0.2, 0) is 6.42 Å². The van der Waals surface area contributed by atoms with E-state index in [1.165, 1.54) is 12.1 Å². The van der Waals surface area contributed by atoms with E-state index in [4.69, 9.17) is 0 Å². The van der Waals surface area contributed by atoms with Gasteiger partial charge >= 0.3 is 0 Å². The third-order valence-corrected chi connectivity index (χ3v) is 3.33. The molecule has 20 heavy (non-hydrogen) atoms. The summed E-state index contributed by atoms with van der Waals surface area (Å²) in [5.41, 5.74) is 0.633. The molecule has 0 aliphatic carbocycles. The minimum atomic E-state index is -0.299. The zero-order chi connectivity index (χ0) is 14.5. The molecule has 2 rings (SSSR count). The summed E-state index contributed by atoms with van der Waals surface area (Å²) in [4.78, 5) is 8.77. The first kappa shape index (κ1) is 14.7. The summed E-state index contributed by atoms with van der Waals surface area (Å²) in [7, 11) is 0. The fourth-order valence-electron chi connectivity index (χ4n) is 1.72. The Kier molecular flexibility index (Phi) is 4.89. The van der Waals surface area contributed by atoms with Crippen molar-refractivity contribution in [3.8, 4) is 0 Å². The molecule has 1 heterocycles. The van der Waals surface area contributed by atoms with Gasteiger partial charge in [-0.1, -0.05) is 6.92 Å². The highest BCUT2D eigenvalue weighted by Gasteiger charge is 2.06. The maximum atomic E-state index is 13.3. The average Bonchev–Trinajstić information content (AvgIpc) is 2.43. The van der Waals surface area contributed by atoms with Gasteiger partial charge in [-0.15, -0.1) is 0 Å². The van der Waals surface area contributed by atoms with Crippen LogP contribution >= 0.6 is 15.9 Å². The molecular formula is C14H16BrFN4. The standard InChI is InChI=1S/C14H16BrFN4/c1-3-12-19-13(17-4-2)8-14(20-12)18-11-7-9(16)5-6-10(11)15/h5-8H,3-4H2,1-2H3,(H2,17,18,19,20). The number of rotatable bonds is 5. The normalized spacial score (nSPS) is 10.4. The fraction of sp³-hybridized carbons (Fsp3) is 0.286. The van der Waals surface area contributed by atoms with Crippen LogP contribution < -0.4 is 10.6 Å². The Hall–Kier alpha value is -1.69. The first-order valence-corrected chi connectivity index (χ1v) is 7.25. The minimum Gasteiger partial charge on any atom is -0.370 e. The Bertz CT molecular complexity index is 604. The van der Waals surface area contributed by atoms with Crippen molar-refractivity contribution in [1.29, 1.82) is 0 Å². The summed E-state index contributed by atoms with van der Waals surface area (Å²) in [6.45, 7) is 4.78. The molecule has 0 atom stereocenters. The number of hydrogen-bond acceptors (Lipinski definition) is 4. The topological polar surface area (TPSA) is 49.8 Å². The van der Waals surface area contributed by atoms with Gasteiger partial charge in [-0.05, 0) is 41.1 Å². The third-order valence-electron chi connectivity index (χ3n) is 2.64. The summed E-state index contributed by atoms with van der Waals surface area (Å²) in [6.07, 6.45) is 0.734. The van der Waals surface area contributed by atoms with Crippen LogP contribution in [0.15, 0.2) is 28.7 Å². The van der Waals surface area contributed by atoms with Crippen LogP contribution in [-0.4, -0.2) is 16.5 Å². The van der Waals surface area contributed by atoms with E-state index in [1.54, 1.807) is 12.1 Å². The lowest BCUT2D eigenvalue weighted by atomic mass is 10.3. The fourth-order valence-corrected chi connectivity index (χ4v) is 2.07. The largest absolute Gasteiger partial charge is 0.370 e. The lowest BCUT2D eigenvalue weighted by Gasteiger charge is -2.11. The van der Waals surface area contributed by atoms with E-state index in [0.717, 1.165) is 29.1 Å². The molecule has 106 valence electrons. The van der Waals surface area contributed by atoms with Gasteiger partial charge < -0.3 is 10.6 Å². The highest BCUT2D eigenvalue weighted by atomic mass is 79.9. The smallest absolute Gasteiger partial charge is 0.136 e.